The van der Waals surface area contributed by atoms with Crippen LogP contribution >= 0.6 is 0 Å². The molecule has 3 heterocycles. The number of nitrogens with zero attached hydrogens (tertiary/aromatic N) is 6. The fourth-order valence-electron chi connectivity index (χ4n) is 2.47. The second-order valence-electron chi connectivity index (χ2n) is 4.98. The second kappa shape index (κ2) is 3.88. The third-order valence-electron chi connectivity index (χ3n) is 3.81. The highest BCUT2D eigenvalue weighted by Crippen LogP contribution is 2.34. The van der Waals surface area contributed by atoms with E-state index in [1.165, 1.54) is 19.3 Å². The third-order valence-corrected chi connectivity index (χ3v) is 3.81. The van der Waals surface area contributed by atoms with Crippen LogP contribution in [0.1, 0.15) is 31.0 Å². The SMILES string of the molecule is Cn1nccc1-c1ccnc2nc(C3CCC3)nn12. The van der Waals surface area contributed by atoms with E-state index in [-0.39, 0.29) is 0 Å². The van der Waals surface area contributed by atoms with Gasteiger partial charge in [-0.15, -0.1) is 5.10 Å². The van der Waals surface area contributed by atoms with Crippen molar-refractivity contribution in [3.05, 3.63) is 30.4 Å². The molecule has 0 radical (unpaired) electrons. The number of hydrogen-bond acceptors (Lipinski definition) is 4. The van der Waals surface area contributed by atoms with Gasteiger partial charge >= 0.3 is 0 Å². The Labute approximate surface area is 110 Å². The van der Waals surface area contributed by atoms with Crippen molar-refractivity contribution in [1.29, 1.82) is 0 Å². The summed E-state index contributed by atoms with van der Waals surface area (Å²) in [6.07, 6.45) is 7.22. The Morgan fingerprint density at radius 3 is 2.68 bits per heavy atom. The van der Waals surface area contributed by atoms with Gasteiger partial charge in [0.05, 0.1) is 11.4 Å². The molecular weight excluding hydrogens is 240 g/mol. The van der Waals surface area contributed by atoms with Gasteiger partial charge in [-0.3, -0.25) is 4.68 Å². The minimum atomic E-state index is 0.515. The van der Waals surface area contributed by atoms with Gasteiger partial charge in [0, 0.05) is 25.4 Å². The van der Waals surface area contributed by atoms with Crippen LogP contribution in [-0.2, 0) is 7.05 Å². The summed E-state index contributed by atoms with van der Waals surface area (Å²) in [5.74, 6) is 2.11. The molecular formula is C13H14N6. The first-order valence-corrected chi connectivity index (χ1v) is 6.53. The smallest absolute Gasteiger partial charge is 0.253 e. The van der Waals surface area contributed by atoms with E-state index in [0.29, 0.717) is 11.7 Å². The molecule has 19 heavy (non-hydrogen) atoms. The van der Waals surface area contributed by atoms with E-state index in [4.69, 9.17) is 0 Å². The molecule has 96 valence electrons. The van der Waals surface area contributed by atoms with Gasteiger partial charge in [-0.2, -0.15) is 14.6 Å². The average Bonchev–Trinajstić information content (AvgIpc) is 2.92. The molecule has 0 saturated heterocycles. The highest BCUT2D eigenvalue weighted by molar-refractivity contribution is 5.56. The molecule has 3 aromatic rings. The molecule has 1 aliphatic carbocycles. The fourth-order valence-corrected chi connectivity index (χ4v) is 2.47. The molecule has 4 rings (SSSR count). The number of hydrogen-bond donors (Lipinski definition) is 0. The van der Waals surface area contributed by atoms with E-state index in [2.05, 4.69) is 20.2 Å². The molecule has 0 aliphatic heterocycles. The predicted molar refractivity (Wildman–Crippen MR) is 69.6 cm³/mol. The highest BCUT2D eigenvalue weighted by atomic mass is 15.4. The minimum Gasteiger partial charge on any atom is -0.266 e. The van der Waals surface area contributed by atoms with Gasteiger partial charge in [0.2, 0.25) is 0 Å². The molecule has 1 fully saturated rings. The van der Waals surface area contributed by atoms with E-state index in [1.54, 1.807) is 12.4 Å². The zero-order chi connectivity index (χ0) is 12.8. The van der Waals surface area contributed by atoms with Crippen LogP contribution in [0, 0.1) is 0 Å². The van der Waals surface area contributed by atoms with Crippen molar-refractivity contribution < 1.29 is 0 Å². The summed E-state index contributed by atoms with van der Waals surface area (Å²) >= 11 is 0. The zero-order valence-corrected chi connectivity index (χ0v) is 10.7. The first-order valence-electron chi connectivity index (χ1n) is 6.53. The first kappa shape index (κ1) is 10.7. The van der Waals surface area contributed by atoms with Crippen molar-refractivity contribution in [2.45, 2.75) is 25.2 Å². The summed E-state index contributed by atoms with van der Waals surface area (Å²) in [6, 6.07) is 3.92. The Hall–Kier alpha value is -2.24. The molecule has 1 aliphatic rings. The van der Waals surface area contributed by atoms with Crippen molar-refractivity contribution in [2.24, 2.45) is 7.05 Å². The standard InChI is InChI=1S/C13H14N6/c1-18-10(6-8-15-18)11-5-7-14-13-16-12(17-19(11)13)9-3-2-4-9/h5-9H,2-4H2,1H3. The molecule has 0 aromatic carbocycles. The largest absolute Gasteiger partial charge is 0.266 e. The van der Waals surface area contributed by atoms with Crippen LogP contribution in [0.15, 0.2) is 24.5 Å². The van der Waals surface area contributed by atoms with E-state index < -0.39 is 0 Å². The van der Waals surface area contributed by atoms with E-state index in [1.807, 2.05) is 28.4 Å². The van der Waals surface area contributed by atoms with Crippen LogP contribution in [-0.4, -0.2) is 29.4 Å². The summed E-state index contributed by atoms with van der Waals surface area (Å²) in [4.78, 5) is 8.85. The Morgan fingerprint density at radius 1 is 1.16 bits per heavy atom. The van der Waals surface area contributed by atoms with Gasteiger partial charge in [-0.25, -0.2) is 4.98 Å². The molecule has 0 amide bonds. The van der Waals surface area contributed by atoms with Crippen molar-refractivity contribution in [3.63, 3.8) is 0 Å². The Morgan fingerprint density at radius 2 is 2.00 bits per heavy atom. The molecule has 3 aromatic heterocycles. The second-order valence-corrected chi connectivity index (χ2v) is 4.98. The zero-order valence-electron chi connectivity index (χ0n) is 10.7. The van der Waals surface area contributed by atoms with E-state index in [0.717, 1.165) is 17.2 Å². The van der Waals surface area contributed by atoms with Crippen molar-refractivity contribution in [2.75, 3.05) is 0 Å². The van der Waals surface area contributed by atoms with Crippen LogP contribution in [0.2, 0.25) is 0 Å². The lowest BCUT2D eigenvalue weighted by Gasteiger charge is -2.21. The van der Waals surface area contributed by atoms with E-state index >= 15 is 0 Å². The number of aryl methyl sites for hydroxylation is 1. The number of aromatic nitrogens is 6. The normalized spacial score (nSPS) is 15.8. The molecule has 0 spiro atoms. The summed E-state index contributed by atoms with van der Waals surface area (Å²) < 4.78 is 3.66. The van der Waals surface area contributed by atoms with Crippen molar-refractivity contribution >= 4 is 5.78 Å². The van der Waals surface area contributed by atoms with Crippen LogP contribution in [0.25, 0.3) is 17.2 Å². The third kappa shape index (κ3) is 1.56. The maximum Gasteiger partial charge on any atom is 0.253 e. The lowest BCUT2D eigenvalue weighted by molar-refractivity contribution is 0.402. The maximum absolute atomic E-state index is 4.63. The van der Waals surface area contributed by atoms with E-state index in [9.17, 15) is 0 Å². The van der Waals surface area contributed by atoms with Gasteiger partial charge in [0.25, 0.3) is 5.78 Å². The van der Waals surface area contributed by atoms with Crippen LogP contribution < -0.4 is 0 Å². The lowest BCUT2D eigenvalue weighted by atomic mass is 9.85. The molecule has 0 bridgehead atoms. The predicted octanol–water partition coefficient (Wildman–Crippen LogP) is 1.79. The minimum absolute atomic E-state index is 0.515. The number of rotatable bonds is 2. The first-order chi connectivity index (χ1) is 9.33. The molecule has 0 atom stereocenters. The van der Waals surface area contributed by atoms with Crippen LogP contribution in [0.5, 0.6) is 0 Å². The van der Waals surface area contributed by atoms with Gasteiger partial charge in [-0.05, 0) is 25.0 Å². The Bertz CT molecular complexity index is 737. The summed E-state index contributed by atoms with van der Waals surface area (Å²) in [5, 5.41) is 8.84. The number of fused-ring (bicyclic) bond motifs is 1. The lowest BCUT2D eigenvalue weighted by Crippen LogP contribution is -2.10. The summed E-state index contributed by atoms with van der Waals surface area (Å²) in [6.45, 7) is 0. The monoisotopic (exact) mass is 254 g/mol. The van der Waals surface area contributed by atoms with Crippen LogP contribution in [0.3, 0.4) is 0 Å². The van der Waals surface area contributed by atoms with Crippen molar-refractivity contribution in [1.82, 2.24) is 29.4 Å². The van der Waals surface area contributed by atoms with Crippen molar-refractivity contribution in [3.8, 4) is 11.4 Å². The Balaban J connectivity index is 1.91. The van der Waals surface area contributed by atoms with Gasteiger partial charge in [0.15, 0.2) is 5.82 Å². The topological polar surface area (TPSA) is 60.9 Å². The average molecular weight is 254 g/mol. The fraction of sp³-hybridized carbons (Fsp3) is 0.385. The molecule has 0 N–H and O–H groups in total. The molecule has 1 saturated carbocycles. The van der Waals surface area contributed by atoms with Gasteiger partial charge in [-0.1, -0.05) is 6.42 Å². The summed E-state index contributed by atoms with van der Waals surface area (Å²) in [7, 11) is 1.92. The quantitative estimate of drug-likeness (QED) is 0.699. The molecule has 6 nitrogen and oxygen atoms in total. The maximum atomic E-state index is 4.63. The van der Waals surface area contributed by atoms with Gasteiger partial charge in [0.1, 0.15) is 0 Å². The Kier molecular flexibility index (Phi) is 2.18. The molecule has 0 unspecified atom stereocenters. The highest BCUT2D eigenvalue weighted by Gasteiger charge is 2.24. The molecule has 6 heteroatoms. The van der Waals surface area contributed by atoms with Crippen LogP contribution in [0.4, 0.5) is 0 Å². The van der Waals surface area contributed by atoms with Gasteiger partial charge < -0.3 is 0 Å². The summed E-state index contributed by atoms with van der Waals surface area (Å²) in [5.41, 5.74) is 1.99.